The van der Waals surface area contributed by atoms with Crippen LogP contribution in [0.4, 0.5) is 0 Å². The molecule has 0 atom stereocenters. The summed E-state index contributed by atoms with van der Waals surface area (Å²) in [4.78, 5) is 6.03. The number of methoxy groups -OCH3 is 3. The Morgan fingerprint density at radius 1 is 0.967 bits per heavy atom. The summed E-state index contributed by atoms with van der Waals surface area (Å²) in [5.41, 5.74) is 3.54. The first-order chi connectivity index (χ1) is 14.6. The number of ether oxygens (including phenoxy) is 3. The van der Waals surface area contributed by atoms with Crippen molar-refractivity contribution in [2.45, 2.75) is 31.7 Å². The summed E-state index contributed by atoms with van der Waals surface area (Å²) < 4.78 is 16.4. The molecule has 0 aromatic heterocycles. The van der Waals surface area contributed by atoms with Crippen molar-refractivity contribution in [3.8, 4) is 17.2 Å². The summed E-state index contributed by atoms with van der Waals surface area (Å²) >= 11 is 1.75. The van der Waals surface area contributed by atoms with Crippen molar-refractivity contribution in [1.29, 1.82) is 0 Å². The van der Waals surface area contributed by atoms with E-state index in [9.17, 15) is 0 Å². The van der Waals surface area contributed by atoms with Gasteiger partial charge in [0.1, 0.15) is 0 Å². The van der Waals surface area contributed by atoms with Crippen LogP contribution in [0.15, 0.2) is 40.2 Å². The maximum absolute atomic E-state index is 5.57. The first kappa shape index (κ1) is 23.7. The number of thioether (sulfide) groups is 1. The Morgan fingerprint density at radius 2 is 1.70 bits per heavy atom. The molecule has 0 aliphatic heterocycles. The monoisotopic (exact) mass is 431 g/mol. The van der Waals surface area contributed by atoms with E-state index in [0.29, 0.717) is 30.3 Å². The van der Waals surface area contributed by atoms with E-state index >= 15 is 0 Å². The third-order valence-corrected chi connectivity index (χ3v) is 5.49. The molecule has 0 saturated heterocycles. The number of benzene rings is 2. The fraction of sp³-hybridized carbons (Fsp3) is 0.435. The molecule has 0 unspecified atom stereocenters. The fourth-order valence-electron chi connectivity index (χ4n) is 3.16. The summed E-state index contributed by atoms with van der Waals surface area (Å²) in [7, 11) is 4.88. The van der Waals surface area contributed by atoms with Crippen LogP contribution in [-0.4, -0.2) is 46.6 Å². The molecule has 0 aliphatic rings. The minimum Gasteiger partial charge on any atom is -0.493 e. The predicted molar refractivity (Wildman–Crippen MR) is 126 cm³/mol. The zero-order valence-electron chi connectivity index (χ0n) is 18.8. The highest BCUT2D eigenvalue weighted by Crippen LogP contribution is 2.39. The van der Waals surface area contributed by atoms with E-state index in [1.807, 2.05) is 12.1 Å². The predicted octanol–water partition coefficient (Wildman–Crippen LogP) is 4.04. The van der Waals surface area contributed by atoms with Crippen LogP contribution < -0.4 is 24.8 Å². The van der Waals surface area contributed by atoms with Crippen LogP contribution in [0.5, 0.6) is 17.2 Å². The highest BCUT2D eigenvalue weighted by Gasteiger charge is 2.15. The quantitative estimate of drug-likeness (QED) is 0.336. The van der Waals surface area contributed by atoms with Crippen LogP contribution in [-0.2, 0) is 13.0 Å². The van der Waals surface area contributed by atoms with Gasteiger partial charge < -0.3 is 24.8 Å². The number of hydrogen-bond acceptors (Lipinski definition) is 5. The van der Waals surface area contributed by atoms with Gasteiger partial charge in [0.2, 0.25) is 5.75 Å². The van der Waals surface area contributed by atoms with E-state index in [1.54, 1.807) is 33.1 Å². The lowest BCUT2D eigenvalue weighted by Gasteiger charge is -2.17. The Bertz CT molecular complexity index is 856. The second-order valence-corrected chi connectivity index (χ2v) is 7.53. The largest absolute Gasteiger partial charge is 0.493 e. The van der Waals surface area contributed by atoms with Gasteiger partial charge in [-0.25, -0.2) is 4.99 Å². The third-order valence-electron chi connectivity index (χ3n) is 4.67. The van der Waals surface area contributed by atoms with Crippen molar-refractivity contribution >= 4 is 17.7 Å². The number of guanidine groups is 1. The molecule has 0 fully saturated rings. The van der Waals surface area contributed by atoms with Crippen molar-refractivity contribution in [1.82, 2.24) is 10.6 Å². The van der Waals surface area contributed by atoms with Crippen molar-refractivity contribution < 1.29 is 14.2 Å². The number of aryl methyl sites for hydroxylation is 1. The Balaban J connectivity index is 2.07. The zero-order chi connectivity index (χ0) is 21.9. The highest BCUT2D eigenvalue weighted by molar-refractivity contribution is 7.98. The molecule has 164 valence electrons. The summed E-state index contributed by atoms with van der Waals surface area (Å²) in [6, 6.07) is 10.4. The molecule has 2 aromatic carbocycles. The molecule has 2 aromatic rings. The van der Waals surface area contributed by atoms with Gasteiger partial charge in [0.15, 0.2) is 17.5 Å². The van der Waals surface area contributed by atoms with Crippen LogP contribution in [0.2, 0.25) is 0 Å². The van der Waals surface area contributed by atoms with Crippen LogP contribution in [0, 0.1) is 6.92 Å². The standard InChI is InChI=1S/C23H33N3O3S/c1-7-24-23(26-15-18-9-8-16(2)14-20(18)30-6)25-13-12-17-10-11-19(27-3)22(29-5)21(17)28-4/h8-11,14H,7,12-13,15H2,1-6H3,(H2,24,25,26). The minimum atomic E-state index is 0.613. The van der Waals surface area contributed by atoms with Gasteiger partial charge in [-0.05, 0) is 49.8 Å². The molecule has 0 bridgehead atoms. The first-order valence-electron chi connectivity index (χ1n) is 10.0. The van der Waals surface area contributed by atoms with Crippen LogP contribution in [0.3, 0.4) is 0 Å². The number of nitrogens with zero attached hydrogens (tertiary/aromatic N) is 1. The minimum absolute atomic E-state index is 0.613. The van der Waals surface area contributed by atoms with E-state index in [4.69, 9.17) is 19.2 Å². The van der Waals surface area contributed by atoms with Crippen LogP contribution in [0.1, 0.15) is 23.6 Å². The fourth-order valence-corrected chi connectivity index (χ4v) is 3.86. The molecular formula is C23H33N3O3S. The number of rotatable bonds is 10. The Morgan fingerprint density at radius 3 is 2.33 bits per heavy atom. The van der Waals surface area contributed by atoms with Crippen LogP contribution >= 0.6 is 11.8 Å². The van der Waals surface area contributed by atoms with Gasteiger partial charge in [0, 0.05) is 23.5 Å². The summed E-state index contributed by atoms with van der Waals surface area (Å²) in [6.07, 6.45) is 2.86. The molecule has 2 N–H and O–H groups in total. The third kappa shape index (κ3) is 6.23. The second kappa shape index (κ2) is 12.2. The normalized spacial score (nSPS) is 11.2. The Hall–Kier alpha value is -2.54. The Kier molecular flexibility index (Phi) is 9.67. The van der Waals surface area contributed by atoms with Gasteiger partial charge >= 0.3 is 0 Å². The van der Waals surface area contributed by atoms with Gasteiger partial charge in [-0.15, -0.1) is 11.8 Å². The number of hydrogen-bond donors (Lipinski definition) is 2. The molecule has 0 aliphatic carbocycles. The van der Waals surface area contributed by atoms with E-state index in [0.717, 1.165) is 24.5 Å². The van der Waals surface area contributed by atoms with Crippen molar-refractivity contribution in [3.63, 3.8) is 0 Å². The van der Waals surface area contributed by atoms with Gasteiger partial charge in [-0.1, -0.05) is 18.2 Å². The lowest BCUT2D eigenvalue weighted by atomic mass is 10.1. The smallest absolute Gasteiger partial charge is 0.203 e. The van der Waals surface area contributed by atoms with Gasteiger partial charge in [0.05, 0.1) is 27.9 Å². The van der Waals surface area contributed by atoms with Gasteiger partial charge in [0.25, 0.3) is 0 Å². The molecule has 6 nitrogen and oxygen atoms in total. The van der Waals surface area contributed by atoms with Crippen molar-refractivity contribution in [2.24, 2.45) is 4.99 Å². The number of nitrogens with one attached hydrogen (secondary N) is 2. The molecular weight excluding hydrogens is 398 g/mol. The van der Waals surface area contributed by atoms with E-state index in [-0.39, 0.29) is 0 Å². The summed E-state index contributed by atoms with van der Waals surface area (Å²) in [5.74, 6) is 2.76. The Labute approximate surface area is 184 Å². The summed E-state index contributed by atoms with van der Waals surface area (Å²) in [6.45, 7) is 6.32. The topological polar surface area (TPSA) is 64.1 Å². The maximum atomic E-state index is 5.57. The molecule has 0 amide bonds. The summed E-state index contributed by atoms with van der Waals surface area (Å²) in [5, 5.41) is 6.72. The average molecular weight is 432 g/mol. The molecule has 0 spiro atoms. The van der Waals surface area contributed by atoms with E-state index < -0.39 is 0 Å². The SMILES string of the molecule is CCNC(=NCc1ccc(C)cc1SC)NCCc1ccc(OC)c(OC)c1OC. The first-order valence-corrected chi connectivity index (χ1v) is 11.2. The molecule has 30 heavy (non-hydrogen) atoms. The lowest BCUT2D eigenvalue weighted by molar-refractivity contribution is 0.322. The van der Waals surface area contributed by atoms with E-state index in [2.05, 4.69) is 48.9 Å². The van der Waals surface area contributed by atoms with Crippen molar-refractivity contribution in [3.05, 3.63) is 47.0 Å². The van der Waals surface area contributed by atoms with Crippen LogP contribution in [0.25, 0.3) is 0 Å². The lowest BCUT2D eigenvalue weighted by Crippen LogP contribution is -2.38. The second-order valence-electron chi connectivity index (χ2n) is 6.68. The molecule has 0 saturated carbocycles. The molecule has 0 heterocycles. The highest BCUT2D eigenvalue weighted by atomic mass is 32.2. The molecule has 7 heteroatoms. The van der Waals surface area contributed by atoms with E-state index in [1.165, 1.54) is 16.0 Å². The van der Waals surface area contributed by atoms with Gasteiger partial charge in [-0.3, -0.25) is 0 Å². The van der Waals surface area contributed by atoms with Gasteiger partial charge in [-0.2, -0.15) is 0 Å². The maximum Gasteiger partial charge on any atom is 0.203 e. The van der Waals surface area contributed by atoms with Crippen molar-refractivity contribution in [2.75, 3.05) is 40.7 Å². The molecule has 0 radical (unpaired) electrons. The number of aliphatic imine (C=N–C) groups is 1. The average Bonchev–Trinajstić information content (AvgIpc) is 2.77. The molecule has 2 rings (SSSR count). The zero-order valence-corrected chi connectivity index (χ0v) is 19.6.